The highest BCUT2D eigenvalue weighted by atomic mass is 127. The van der Waals surface area contributed by atoms with Gasteiger partial charge in [-0.25, -0.2) is 18.6 Å². The second-order valence-electron chi connectivity index (χ2n) is 2.48. The van der Waals surface area contributed by atoms with E-state index >= 15 is 0 Å². The molecule has 1 aromatic heterocycles. The van der Waals surface area contributed by atoms with E-state index in [4.69, 9.17) is 10.4 Å². The molecule has 0 spiro atoms. The first kappa shape index (κ1) is 11.8. The third-order valence-corrected chi connectivity index (χ3v) is 2.40. The number of nitrogens with zero attached hydrogens (tertiary/aromatic N) is 2. The van der Waals surface area contributed by atoms with Gasteiger partial charge in [-0.2, -0.15) is 5.26 Å². The van der Waals surface area contributed by atoms with E-state index in [2.05, 4.69) is 4.98 Å². The molecule has 0 atom stereocenters. The Bertz CT molecular complexity index is 457. The number of rotatable bonds is 2. The number of hydrogen-bond acceptors (Lipinski definition) is 3. The number of halogens is 3. The molecule has 0 fully saturated rings. The van der Waals surface area contributed by atoms with Crippen LogP contribution in [0.2, 0.25) is 0 Å². The maximum absolute atomic E-state index is 12.4. The van der Waals surface area contributed by atoms with Crippen LogP contribution in [0, 0.1) is 15.0 Å². The van der Waals surface area contributed by atoms with Gasteiger partial charge in [0.1, 0.15) is 9.77 Å². The predicted octanol–water partition coefficient (Wildman–Crippen LogP) is 2.19. The normalized spacial score (nSPS) is 10.1. The Labute approximate surface area is 96.7 Å². The molecule has 1 heterocycles. The highest BCUT2D eigenvalue weighted by Crippen LogP contribution is 2.24. The molecule has 0 aliphatic carbocycles. The molecule has 0 saturated heterocycles. The molecule has 0 amide bonds. The molecular formula is C8H3F2IN2O2. The number of aromatic nitrogens is 1. The molecule has 0 bridgehead atoms. The first-order chi connectivity index (χ1) is 6.97. The Hall–Kier alpha value is -1.30. The Morgan fingerprint density at radius 2 is 2.27 bits per heavy atom. The van der Waals surface area contributed by atoms with Crippen molar-refractivity contribution < 1.29 is 18.7 Å². The number of nitriles is 1. The second kappa shape index (κ2) is 4.48. The van der Waals surface area contributed by atoms with Crippen LogP contribution in [-0.2, 0) is 0 Å². The van der Waals surface area contributed by atoms with Gasteiger partial charge in [0.2, 0.25) is 0 Å². The van der Waals surface area contributed by atoms with Crippen molar-refractivity contribution in [2.75, 3.05) is 0 Å². The zero-order chi connectivity index (χ0) is 11.6. The summed E-state index contributed by atoms with van der Waals surface area (Å²) < 4.78 is 24.8. The SMILES string of the molecule is N#Cc1nc(I)c(C(=O)O)cc1C(F)F. The fourth-order valence-corrected chi connectivity index (χ4v) is 1.54. The number of alkyl halides is 2. The van der Waals surface area contributed by atoms with Crippen molar-refractivity contribution in [2.45, 2.75) is 6.43 Å². The average Bonchev–Trinajstić information content (AvgIpc) is 2.16. The molecule has 0 aromatic carbocycles. The minimum absolute atomic E-state index is 0.0149. The van der Waals surface area contributed by atoms with Crippen LogP contribution in [0.3, 0.4) is 0 Å². The van der Waals surface area contributed by atoms with Crippen LogP contribution in [0.1, 0.15) is 28.0 Å². The van der Waals surface area contributed by atoms with Crippen LogP contribution in [-0.4, -0.2) is 16.1 Å². The number of aromatic carboxylic acids is 1. The Morgan fingerprint density at radius 3 is 2.67 bits per heavy atom. The molecule has 15 heavy (non-hydrogen) atoms. The standard InChI is InChI=1S/C8H3F2IN2O2/c9-6(10)3-1-4(8(14)15)7(11)13-5(3)2-12/h1,6H,(H,14,15). The summed E-state index contributed by atoms with van der Waals surface area (Å²) in [6.07, 6.45) is -2.91. The molecular weight excluding hydrogens is 321 g/mol. The topological polar surface area (TPSA) is 74.0 Å². The number of carbonyl (C=O) groups is 1. The van der Waals surface area contributed by atoms with Crippen LogP contribution in [0.25, 0.3) is 0 Å². The van der Waals surface area contributed by atoms with Gasteiger partial charge in [0.05, 0.1) is 11.1 Å². The minimum Gasteiger partial charge on any atom is -0.478 e. The zero-order valence-corrected chi connectivity index (χ0v) is 9.20. The third kappa shape index (κ3) is 2.38. The lowest BCUT2D eigenvalue weighted by Gasteiger charge is -2.05. The van der Waals surface area contributed by atoms with Crippen LogP contribution < -0.4 is 0 Å². The van der Waals surface area contributed by atoms with Gasteiger partial charge in [-0.05, 0) is 28.7 Å². The molecule has 0 aliphatic rings. The fraction of sp³-hybridized carbons (Fsp3) is 0.125. The highest BCUT2D eigenvalue weighted by molar-refractivity contribution is 14.1. The Morgan fingerprint density at radius 1 is 1.67 bits per heavy atom. The lowest BCUT2D eigenvalue weighted by molar-refractivity contribution is 0.0694. The van der Waals surface area contributed by atoms with Gasteiger partial charge in [-0.3, -0.25) is 0 Å². The molecule has 0 saturated carbocycles. The van der Waals surface area contributed by atoms with E-state index in [1.165, 1.54) is 6.07 Å². The van der Waals surface area contributed by atoms with Crippen molar-refractivity contribution in [1.82, 2.24) is 4.98 Å². The number of carboxylic acids is 1. The summed E-state index contributed by atoms with van der Waals surface area (Å²) >= 11 is 1.58. The minimum atomic E-state index is -2.91. The summed E-state index contributed by atoms with van der Waals surface area (Å²) in [7, 11) is 0. The molecule has 0 aliphatic heterocycles. The smallest absolute Gasteiger partial charge is 0.338 e. The molecule has 7 heteroatoms. The van der Waals surface area contributed by atoms with Crippen molar-refractivity contribution in [1.29, 1.82) is 5.26 Å². The van der Waals surface area contributed by atoms with Gasteiger partial charge in [0.25, 0.3) is 6.43 Å². The average molecular weight is 324 g/mol. The van der Waals surface area contributed by atoms with E-state index in [1.54, 1.807) is 22.6 Å². The first-order valence-corrected chi connectivity index (χ1v) is 4.67. The highest BCUT2D eigenvalue weighted by Gasteiger charge is 2.20. The van der Waals surface area contributed by atoms with Crippen molar-refractivity contribution in [3.05, 3.63) is 26.6 Å². The largest absolute Gasteiger partial charge is 0.478 e. The molecule has 4 nitrogen and oxygen atoms in total. The van der Waals surface area contributed by atoms with Crippen molar-refractivity contribution in [3.8, 4) is 6.07 Å². The summed E-state index contributed by atoms with van der Waals surface area (Å²) in [4.78, 5) is 14.1. The number of carboxylic acid groups (broad SMARTS) is 1. The van der Waals surface area contributed by atoms with E-state index in [0.29, 0.717) is 0 Å². The van der Waals surface area contributed by atoms with Crippen LogP contribution in [0.15, 0.2) is 6.07 Å². The summed E-state index contributed by atoms with van der Waals surface area (Å²) in [6.45, 7) is 0. The summed E-state index contributed by atoms with van der Waals surface area (Å²) in [6, 6.07) is 2.27. The molecule has 0 unspecified atom stereocenters. The quantitative estimate of drug-likeness (QED) is 0.668. The lowest BCUT2D eigenvalue weighted by atomic mass is 10.1. The summed E-state index contributed by atoms with van der Waals surface area (Å²) in [5, 5.41) is 17.2. The van der Waals surface area contributed by atoms with Gasteiger partial charge >= 0.3 is 5.97 Å². The summed E-state index contributed by atoms with van der Waals surface area (Å²) in [5.74, 6) is -1.35. The van der Waals surface area contributed by atoms with Crippen LogP contribution in [0.4, 0.5) is 8.78 Å². The van der Waals surface area contributed by atoms with Crippen LogP contribution >= 0.6 is 22.6 Å². The second-order valence-corrected chi connectivity index (χ2v) is 3.50. The Kier molecular flexibility index (Phi) is 3.52. The van der Waals surface area contributed by atoms with Crippen molar-refractivity contribution >= 4 is 28.6 Å². The maximum Gasteiger partial charge on any atom is 0.338 e. The van der Waals surface area contributed by atoms with Gasteiger partial charge in [0, 0.05) is 0 Å². The van der Waals surface area contributed by atoms with E-state index in [0.717, 1.165) is 6.07 Å². The molecule has 1 N–H and O–H groups in total. The van der Waals surface area contributed by atoms with Crippen molar-refractivity contribution in [2.24, 2.45) is 0 Å². The Balaban J connectivity index is 3.45. The third-order valence-electron chi connectivity index (χ3n) is 1.58. The van der Waals surface area contributed by atoms with Crippen molar-refractivity contribution in [3.63, 3.8) is 0 Å². The van der Waals surface area contributed by atoms with E-state index < -0.39 is 23.7 Å². The van der Waals surface area contributed by atoms with E-state index in [-0.39, 0.29) is 9.26 Å². The molecule has 1 aromatic rings. The maximum atomic E-state index is 12.4. The monoisotopic (exact) mass is 324 g/mol. The first-order valence-electron chi connectivity index (χ1n) is 3.59. The fourth-order valence-electron chi connectivity index (χ4n) is 0.912. The van der Waals surface area contributed by atoms with E-state index in [1.807, 2.05) is 0 Å². The molecule has 1 rings (SSSR count). The van der Waals surface area contributed by atoms with Crippen LogP contribution in [0.5, 0.6) is 0 Å². The zero-order valence-electron chi connectivity index (χ0n) is 7.04. The van der Waals surface area contributed by atoms with Gasteiger partial charge < -0.3 is 5.11 Å². The molecule has 0 radical (unpaired) electrons. The van der Waals surface area contributed by atoms with Gasteiger partial charge in [0.15, 0.2) is 5.69 Å². The number of pyridine rings is 1. The summed E-state index contributed by atoms with van der Waals surface area (Å²) in [5.41, 5.74) is -1.43. The number of hydrogen-bond donors (Lipinski definition) is 1. The van der Waals surface area contributed by atoms with Gasteiger partial charge in [-0.15, -0.1) is 0 Å². The van der Waals surface area contributed by atoms with Gasteiger partial charge in [-0.1, -0.05) is 0 Å². The predicted molar refractivity (Wildman–Crippen MR) is 53.6 cm³/mol. The van der Waals surface area contributed by atoms with E-state index in [9.17, 15) is 13.6 Å². The molecule has 78 valence electrons. The lowest BCUT2D eigenvalue weighted by Crippen LogP contribution is -2.06.